The first-order valence-corrected chi connectivity index (χ1v) is 5.75. The van der Waals surface area contributed by atoms with E-state index in [4.69, 9.17) is 5.73 Å². The second kappa shape index (κ2) is 5.64. The van der Waals surface area contributed by atoms with Crippen molar-refractivity contribution in [3.63, 3.8) is 0 Å². The highest BCUT2D eigenvalue weighted by molar-refractivity contribution is 5.93. The lowest BCUT2D eigenvalue weighted by Crippen LogP contribution is -2.16. The van der Waals surface area contributed by atoms with Crippen LogP contribution >= 0.6 is 0 Å². The van der Waals surface area contributed by atoms with Gasteiger partial charge in [-0.25, -0.2) is 13.2 Å². The van der Waals surface area contributed by atoms with E-state index in [0.717, 1.165) is 0 Å². The molecule has 6 heteroatoms. The Kier molecular flexibility index (Phi) is 3.93. The summed E-state index contributed by atoms with van der Waals surface area (Å²) in [6, 6.07) is 7.67. The molecule has 0 aromatic heterocycles. The second-order valence-electron chi connectivity index (χ2n) is 4.17. The molecule has 1 amide bonds. The number of carbonyl (C=O) groups is 1. The summed E-state index contributed by atoms with van der Waals surface area (Å²) in [5.74, 6) is -4.17. The van der Waals surface area contributed by atoms with Gasteiger partial charge in [-0.3, -0.25) is 4.79 Å². The Morgan fingerprint density at radius 3 is 2.40 bits per heavy atom. The minimum absolute atomic E-state index is 0.0922. The Morgan fingerprint density at radius 2 is 1.70 bits per heavy atom. The molecule has 2 rings (SSSR count). The fourth-order valence-electron chi connectivity index (χ4n) is 1.68. The molecule has 0 saturated heterocycles. The number of benzene rings is 2. The fraction of sp³-hybridized carbons (Fsp3) is 0.0714. The van der Waals surface area contributed by atoms with E-state index in [2.05, 4.69) is 5.32 Å². The van der Waals surface area contributed by atoms with Crippen LogP contribution in [0.3, 0.4) is 0 Å². The third-order valence-electron chi connectivity index (χ3n) is 2.69. The predicted molar refractivity (Wildman–Crippen MR) is 69.5 cm³/mol. The molecular weight excluding hydrogens is 269 g/mol. The Balaban J connectivity index is 2.13. The van der Waals surface area contributed by atoms with Crippen LogP contribution in [0, 0.1) is 17.5 Å². The van der Waals surface area contributed by atoms with Crippen LogP contribution in [-0.4, -0.2) is 5.91 Å². The van der Waals surface area contributed by atoms with Gasteiger partial charge in [-0.05, 0) is 11.6 Å². The quantitative estimate of drug-likeness (QED) is 0.671. The number of hydrogen-bond donors (Lipinski definition) is 2. The molecule has 0 atom stereocenters. The minimum Gasteiger partial charge on any atom is -0.398 e. The number of carbonyl (C=O) groups excluding carboxylic acids is 1. The number of para-hydroxylation sites is 1. The summed E-state index contributed by atoms with van der Waals surface area (Å²) in [6.07, 6.45) is -0.0922. The van der Waals surface area contributed by atoms with Crippen molar-refractivity contribution in [2.75, 3.05) is 11.1 Å². The molecule has 0 unspecified atom stereocenters. The molecule has 2 aromatic carbocycles. The van der Waals surface area contributed by atoms with Gasteiger partial charge in [0.2, 0.25) is 5.91 Å². The first-order valence-electron chi connectivity index (χ1n) is 5.75. The lowest BCUT2D eigenvalue weighted by atomic mass is 10.1. The Morgan fingerprint density at radius 1 is 1.05 bits per heavy atom. The lowest BCUT2D eigenvalue weighted by molar-refractivity contribution is -0.115. The van der Waals surface area contributed by atoms with Crippen LogP contribution in [0.5, 0.6) is 0 Å². The second-order valence-corrected chi connectivity index (χ2v) is 4.17. The van der Waals surface area contributed by atoms with Crippen LogP contribution in [0.25, 0.3) is 0 Å². The molecule has 0 aliphatic rings. The number of halogens is 3. The van der Waals surface area contributed by atoms with Gasteiger partial charge in [-0.2, -0.15) is 0 Å². The van der Waals surface area contributed by atoms with Crippen molar-refractivity contribution in [2.24, 2.45) is 0 Å². The number of amides is 1. The van der Waals surface area contributed by atoms with E-state index in [1.807, 2.05) is 0 Å². The van der Waals surface area contributed by atoms with Crippen molar-refractivity contribution in [1.29, 1.82) is 0 Å². The smallest absolute Gasteiger partial charge is 0.228 e. The maximum Gasteiger partial charge on any atom is 0.228 e. The molecule has 0 radical (unpaired) electrons. The van der Waals surface area contributed by atoms with Crippen molar-refractivity contribution < 1.29 is 18.0 Å². The van der Waals surface area contributed by atoms with E-state index >= 15 is 0 Å². The van der Waals surface area contributed by atoms with Crippen molar-refractivity contribution >= 4 is 17.3 Å². The van der Waals surface area contributed by atoms with Crippen molar-refractivity contribution in [1.82, 2.24) is 0 Å². The standard InChI is InChI=1S/C14H11F3N2O/c15-9-6-11(17)13(7-10(9)16)19-14(20)5-8-3-1-2-4-12(8)18/h1-4,6-7H,5,18H2,(H,19,20). The molecular formula is C14H11F3N2O. The van der Waals surface area contributed by atoms with Crippen LogP contribution in [0.4, 0.5) is 24.5 Å². The average molecular weight is 280 g/mol. The number of anilines is 2. The molecule has 0 heterocycles. The zero-order valence-electron chi connectivity index (χ0n) is 10.3. The fourth-order valence-corrected chi connectivity index (χ4v) is 1.68. The van der Waals surface area contributed by atoms with Gasteiger partial charge in [-0.15, -0.1) is 0 Å². The monoisotopic (exact) mass is 280 g/mol. The summed E-state index contributed by atoms with van der Waals surface area (Å²) in [5, 5.41) is 2.18. The van der Waals surface area contributed by atoms with E-state index in [9.17, 15) is 18.0 Å². The maximum atomic E-state index is 13.4. The number of rotatable bonds is 3. The summed E-state index contributed by atoms with van der Waals surface area (Å²) in [5.41, 5.74) is 6.25. The van der Waals surface area contributed by atoms with Gasteiger partial charge >= 0.3 is 0 Å². The molecule has 0 fully saturated rings. The van der Waals surface area contributed by atoms with E-state index in [1.165, 1.54) is 0 Å². The average Bonchev–Trinajstić information content (AvgIpc) is 2.39. The van der Waals surface area contributed by atoms with E-state index in [-0.39, 0.29) is 6.42 Å². The van der Waals surface area contributed by atoms with Gasteiger partial charge in [0.15, 0.2) is 11.6 Å². The highest BCUT2D eigenvalue weighted by Gasteiger charge is 2.13. The highest BCUT2D eigenvalue weighted by atomic mass is 19.2. The van der Waals surface area contributed by atoms with Gasteiger partial charge in [0.1, 0.15) is 5.82 Å². The summed E-state index contributed by atoms with van der Waals surface area (Å²) in [6.45, 7) is 0. The minimum atomic E-state index is -1.31. The summed E-state index contributed by atoms with van der Waals surface area (Å²) < 4.78 is 39.1. The van der Waals surface area contributed by atoms with Crippen LogP contribution in [-0.2, 0) is 11.2 Å². The van der Waals surface area contributed by atoms with E-state index in [1.54, 1.807) is 24.3 Å². The van der Waals surface area contributed by atoms with Gasteiger partial charge in [0.25, 0.3) is 0 Å². The van der Waals surface area contributed by atoms with E-state index < -0.39 is 29.0 Å². The largest absolute Gasteiger partial charge is 0.398 e. The van der Waals surface area contributed by atoms with Gasteiger partial charge in [0, 0.05) is 17.8 Å². The van der Waals surface area contributed by atoms with Crippen LogP contribution in [0.15, 0.2) is 36.4 Å². The Labute approximate surface area is 113 Å². The SMILES string of the molecule is Nc1ccccc1CC(=O)Nc1cc(F)c(F)cc1F. The first kappa shape index (κ1) is 13.9. The molecule has 0 saturated carbocycles. The number of hydrogen-bond acceptors (Lipinski definition) is 2. The maximum absolute atomic E-state index is 13.4. The molecule has 20 heavy (non-hydrogen) atoms. The predicted octanol–water partition coefficient (Wildman–Crippen LogP) is 2.87. The van der Waals surface area contributed by atoms with Gasteiger partial charge in [0.05, 0.1) is 12.1 Å². The highest BCUT2D eigenvalue weighted by Crippen LogP contribution is 2.19. The Hall–Kier alpha value is -2.50. The van der Waals surface area contributed by atoms with Crippen molar-refractivity contribution in [2.45, 2.75) is 6.42 Å². The zero-order chi connectivity index (χ0) is 14.7. The number of nitrogens with one attached hydrogen (secondary N) is 1. The molecule has 104 valence electrons. The van der Waals surface area contributed by atoms with Crippen LogP contribution < -0.4 is 11.1 Å². The van der Waals surface area contributed by atoms with Crippen molar-refractivity contribution in [3.05, 3.63) is 59.4 Å². The van der Waals surface area contributed by atoms with Gasteiger partial charge < -0.3 is 11.1 Å². The molecule has 3 nitrogen and oxygen atoms in total. The molecule has 0 aliphatic carbocycles. The third-order valence-corrected chi connectivity index (χ3v) is 2.69. The summed E-state index contributed by atoms with van der Waals surface area (Å²) in [7, 11) is 0. The summed E-state index contributed by atoms with van der Waals surface area (Å²) in [4.78, 5) is 11.7. The molecule has 0 bridgehead atoms. The molecule has 3 N–H and O–H groups in total. The molecule has 0 aliphatic heterocycles. The third kappa shape index (κ3) is 3.09. The number of nitrogen functional groups attached to an aromatic ring is 1. The van der Waals surface area contributed by atoms with Crippen LogP contribution in [0.1, 0.15) is 5.56 Å². The Bertz CT molecular complexity index is 659. The molecule has 2 aromatic rings. The van der Waals surface area contributed by atoms with Crippen LogP contribution in [0.2, 0.25) is 0 Å². The van der Waals surface area contributed by atoms with E-state index in [0.29, 0.717) is 23.4 Å². The molecule has 0 spiro atoms. The normalized spacial score (nSPS) is 10.3. The van der Waals surface area contributed by atoms with Crippen molar-refractivity contribution in [3.8, 4) is 0 Å². The number of nitrogens with two attached hydrogens (primary N) is 1. The lowest BCUT2D eigenvalue weighted by Gasteiger charge is -2.08. The first-order chi connectivity index (χ1) is 9.47. The topological polar surface area (TPSA) is 55.1 Å². The summed E-state index contributed by atoms with van der Waals surface area (Å²) >= 11 is 0. The zero-order valence-corrected chi connectivity index (χ0v) is 10.3. The van der Waals surface area contributed by atoms with Gasteiger partial charge in [-0.1, -0.05) is 18.2 Å².